The fourth-order valence-corrected chi connectivity index (χ4v) is 5.95. The maximum absolute atomic E-state index is 15.2. The number of carbonyl (C=O) groups is 1. The van der Waals surface area contributed by atoms with Gasteiger partial charge in [0, 0.05) is 37.0 Å². The topological polar surface area (TPSA) is 71.6 Å². The average molecular weight is 546 g/mol. The summed E-state index contributed by atoms with van der Waals surface area (Å²) in [7, 11) is 1.82. The van der Waals surface area contributed by atoms with Gasteiger partial charge in [0.25, 0.3) is 30.7 Å². The van der Waals surface area contributed by atoms with E-state index in [2.05, 4.69) is 0 Å². The maximum atomic E-state index is 15.2. The fraction of sp³-hybridized carbons (Fsp3) is 0.520. The van der Waals surface area contributed by atoms with Crippen molar-refractivity contribution in [1.82, 2.24) is 9.47 Å². The van der Waals surface area contributed by atoms with Crippen LogP contribution in [0.3, 0.4) is 0 Å². The Morgan fingerprint density at radius 2 is 1.68 bits per heavy atom. The predicted octanol–water partition coefficient (Wildman–Crippen LogP) is 4.15. The van der Waals surface area contributed by atoms with E-state index in [0.717, 1.165) is 35.4 Å². The number of amides is 1. The van der Waals surface area contributed by atoms with Crippen LogP contribution in [0.4, 0.5) is 36.4 Å². The molecule has 3 aliphatic rings. The Morgan fingerprint density at radius 3 is 2.18 bits per heavy atom. The third kappa shape index (κ3) is 4.15. The minimum absolute atomic E-state index is 0.0315. The number of nitrogens with zero attached hydrogens (tertiary/aromatic N) is 3. The molecule has 0 spiro atoms. The molecular weight excluding hydrogens is 521 g/mol. The van der Waals surface area contributed by atoms with Crippen LogP contribution in [0.25, 0.3) is 0 Å². The van der Waals surface area contributed by atoms with Gasteiger partial charge in [-0.15, -0.1) is 0 Å². The SMILES string of the molecule is CN1CC2C(C1)C2N(c1cc(=O)n(C2(C(F)F)CC2)cc1C(N)=O)[C@@H](c1cccc(C(F)F)c1F)C(F)F. The highest BCUT2D eigenvalue weighted by atomic mass is 19.3. The summed E-state index contributed by atoms with van der Waals surface area (Å²) < 4.78 is 99.9. The Morgan fingerprint density at radius 1 is 1.08 bits per heavy atom. The van der Waals surface area contributed by atoms with Gasteiger partial charge in [0.2, 0.25) is 0 Å². The zero-order valence-electron chi connectivity index (χ0n) is 20.1. The number of rotatable bonds is 9. The molecule has 1 aromatic heterocycles. The van der Waals surface area contributed by atoms with Crippen molar-refractivity contribution in [2.24, 2.45) is 17.6 Å². The zero-order chi connectivity index (χ0) is 27.7. The van der Waals surface area contributed by atoms with Gasteiger partial charge >= 0.3 is 0 Å². The number of primary amides is 1. The second kappa shape index (κ2) is 9.28. The second-order valence-electron chi connectivity index (χ2n) is 10.3. The summed E-state index contributed by atoms with van der Waals surface area (Å²) in [5, 5.41) is 0. The monoisotopic (exact) mass is 546 g/mol. The van der Waals surface area contributed by atoms with Gasteiger partial charge in [-0.2, -0.15) is 0 Å². The van der Waals surface area contributed by atoms with Crippen LogP contribution in [0.2, 0.25) is 0 Å². The van der Waals surface area contributed by atoms with Crippen LogP contribution < -0.4 is 16.2 Å². The van der Waals surface area contributed by atoms with Crippen LogP contribution in [-0.4, -0.2) is 54.4 Å². The molecule has 1 aromatic carbocycles. The number of hydrogen-bond acceptors (Lipinski definition) is 4. The van der Waals surface area contributed by atoms with E-state index in [-0.39, 0.29) is 30.4 Å². The number of carbonyl (C=O) groups excluding carboxylic acids is 1. The maximum Gasteiger partial charge on any atom is 0.266 e. The molecule has 3 atom stereocenters. The highest BCUT2D eigenvalue weighted by Gasteiger charge is 2.60. The summed E-state index contributed by atoms with van der Waals surface area (Å²) in [6.45, 7) is 0.970. The van der Waals surface area contributed by atoms with E-state index in [1.54, 1.807) is 0 Å². The number of likely N-dealkylation sites (tertiary alicyclic amines) is 1. The predicted molar refractivity (Wildman–Crippen MR) is 123 cm³/mol. The van der Waals surface area contributed by atoms with Crippen LogP contribution in [0.15, 0.2) is 35.3 Å². The number of alkyl halides is 6. The van der Waals surface area contributed by atoms with Gasteiger partial charge in [-0.1, -0.05) is 18.2 Å². The molecule has 2 aromatic rings. The normalized spacial score (nSPS) is 24.7. The van der Waals surface area contributed by atoms with Gasteiger partial charge in [0.05, 0.1) is 16.8 Å². The lowest BCUT2D eigenvalue weighted by Gasteiger charge is -2.37. The molecule has 1 amide bonds. The number of aromatic nitrogens is 1. The Kier molecular flexibility index (Phi) is 6.48. The average Bonchev–Trinajstić information content (AvgIpc) is 3.72. The van der Waals surface area contributed by atoms with Crippen molar-refractivity contribution >= 4 is 11.6 Å². The summed E-state index contributed by atoms with van der Waals surface area (Å²) >= 11 is 0. The number of piperidine rings is 1. The third-order valence-electron chi connectivity index (χ3n) is 8.03. The summed E-state index contributed by atoms with van der Waals surface area (Å²) in [5.41, 5.74) is 0.112. The molecule has 2 aliphatic carbocycles. The first-order chi connectivity index (χ1) is 17.9. The molecule has 3 fully saturated rings. The number of hydrogen-bond donors (Lipinski definition) is 1. The van der Waals surface area contributed by atoms with E-state index in [0.29, 0.717) is 17.7 Å². The second-order valence-corrected chi connectivity index (χ2v) is 10.3. The Hall–Kier alpha value is -3.09. The number of fused-ring (bicyclic) bond motifs is 1. The van der Waals surface area contributed by atoms with Crippen LogP contribution in [0.1, 0.15) is 46.8 Å². The van der Waals surface area contributed by atoms with Crippen LogP contribution in [-0.2, 0) is 5.54 Å². The lowest BCUT2D eigenvalue weighted by molar-refractivity contribution is 0.0649. The Balaban J connectivity index is 1.71. The minimum atomic E-state index is -3.34. The third-order valence-corrected chi connectivity index (χ3v) is 8.03. The summed E-state index contributed by atoms with van der Waals surface area (Å²) in [6.07, 6.45) is -8.75. The first kappa shape index (κ1) is 26.5. The van der Waals surface area contributed by atoms with Crippen molar-refractivity contribution in [3.8, 4) is 0 Å². The molecule has 0 bridgehead atoms. The standard InChI is InChI=1S/C25H25F7N4O2/c1-34-8-13-14(9-34)19(13)36(20(22(29)30)11-3-2-4-12(18(11)26)21(27)28)16-7-17(37)35(10-15(16)23(33)38)25(5-6-25)24(31)32/h2-4,7,10,13-14,19-22,24H,5-6,8-9H2,1H3,(H2,33,38)/t13?,14?,19?,20-/m0/s1. The van der Waals surface area contributed by atoms with Crippen molar-refractivity contribution in [3.05, 3.63) is 63.3 Å². The van der Waals surface area contributed by atoms with E-state index in [4.69, 9.17) is 5.73 Å². The molecule has 2 N–H and O–H groups in total. The van der Waals surface area contributed by atoms with Gasteiger partial charge in [-0.25, -0.2) is 30.7 Å². The van der Waals surface area contributed by atoms with E-state index in [1.807, 2.05) is 11.9 Å². The molecule has 6 nitrogen and oxygen atoms in total. The summed E-state index contributed by atoms with van der Waals surface area (Å²) in [6, 6.07) is 0.709. The number of benzene rings is 1. The van der Waals surface area contributed by atoms with Crippen molar-refractivity contribution in [3.63, 3.8) is 0 Å². The van der Waals surface area contributed by atoms with E-state index in [9.17, 15) is 35.9 Å². The molecule has 1 aliphatic heterocycles. The Bertz CT molecular complexity index is 1300. The molecule has 2 saturated carbocycles. The number of nitrogens with two attached hydrogens (primary N) is 1. The lowest BCUT2D eigenvalue weighted by Crippen LogP contribution is -2.43. The number of halogens is 7. The van der Waals surface area contributed by atoms with Crippen molar-refractivity contribution in [1.29, 1.82) is 0 Å². The first-order valence-electron chi connectivity index (χ1n) is 12.1. The first-order valence-corrected chi connectivity index (χ1v) is 12.1. The smallest absolute Gasteiger partial charge is 0.266 e. The van der Waals surface area contributed by atoms with Crippen LogP contribution in [0.5, 0.6) is 0 Å². The molecule has 5 rings (SSSR count). The molecule has 2 heterocycles. The van der Waals surface area contributed by atoms with Gasteiger partial charge < -0.3 is 20.1 Å². The molecule has 13 heteroatoms. The Labute approximate surface area is 212 Å². The number of anilines is 1. The molecule has 206 valence electrons. The van der Waals surface area contributed by atoms with E-state index in [1.165, 1.54) is 0 Å². The van der Waals surface area contributed by atoms with Crippen LogP contribution in [0, 0.1) is 17.7 Å². The zero-order valence-corrected chi connectivity index (χ0v) is 20.1. The largest absolute Gasteiger partial charge is 0.365 e. The molecular formula is C25H25F7N4O2. The van der Waals surface area contributed by atoms with Crippen LogP contribution >= 0.6 is 0 Å². The molecule has 0 radical (unpaired) electrons. The van der Waals surface area contributed by atoms with Gasteiger partial charge in [-0.05, 0) is 31.7 Å². The van der Waals surface area contributed by atoms with Crippen molar-refractivity contribution in [2.75, 3.05) is 25.0 Å². The molecule has 1 saturated heterocycles. The molecule has 2 unspecified atom stereocenters. The van der Waals surface area contributed by atoms with E-state index < -0.39 is 70.9 Å². The van der Waals surface area contributed by atoms with Crippen molar-refractivity contribution < 1.29 is 35.5 Å². The van der Waals surface area contributed by atoms with E-state index >= 15 is 4.39 Å². The lowest BCUT2D eigenvalue weighted by atomic mass is 9.99. The minimum Gasteiger partial charge on any atom is -0.365 e. The summed E-state index contributed by atoms with van der Waals surface area (Å²) in [4.78, 5) is 28.6. The highest BCUT2D eigenvalue weighted by molar-refractivity contribution is 5.98. The number of pyridine rings is 1. The van der Waals surface area contributed by atoms with Gasteiger partial charge in [0.1, 0.15) is 17.4 Å². The molecule has 38 heavy (non-hydrogen) atoms. The van der Waals surface area contributed by atoms with Gasteiger partial charge in [0.15, 0.2) is 0 Å². The quantitative estimate of drug-likeness (QED) is 0.480. The summed E-state index contributed by atoms with van der Waals surface area (Å²) in [5.74, 6) is -3.07. The highest BCUT2D eigenvalue weighted by Crippen LogP contribution is 2.54. The fourth-order valence-electron chi connectivity index (χ4n) is 5.95. The van der Waals surface area contributed by atoms with Gasteiger partial charge in [-0.3, -0.25) is 9.59 Å². The van der Waals surface area contributed by atoms with Crippen molar-refractivity contribution in [2.45, 2.75) is 49.7 Å².